The second-order valence-corrected chi connectivity index (χ2v) is 5.63. The lowest BCUT2D eigenvalue weighted by molar-refractivity contribution is -0.119. The molecule has 0 aliphatic carbocycles. The van der Waals surface area contributed by atoms with Crippen LogP contribution < -0.4 is 10.6 Å². The number of hydrogen-bond donors (Lipinski definition) is 2. The predicted octanol–water partition coefficient (Wildman–Crippen LogP) is 1.56. The maximum Gasteiger partial charge on any atom is 0.321 e. The number of aromatic nitrogens is 3. The van der Waals surface area contributed by atoms with Gasteiger partial charge in [0.1, 0.15) is 5.82 Å². The zero-order valence-electron chi connectivity index (χ0n) is 12.7. The lowest BCUT2D eigenvalue weighted by Crippen LogP contribution is -2.37. The summed E-state index contributed by atoms with van der Waals surface area (Å²) < 4.78 is 15.5. The average molecular weight is 337 g/mol. The number of amides is 3. The number of carbonyl (C=O) groups excluding carboxylic acids is 2. The Bertz CT molecular complexity index is 719. The molecule has 1 aromatic heterocycles. The van der Waals surface area contributed by atoms with Crippen LogP contribution in [0.25, 0.3) is 11.4 Å². The topological polar surface area (TPSA) is 88.9 Å². The summed E-state index contributed by atoms with van der Waals surface area (Å²) in [6.07, 6.45) is 0.153. The third-order valence-electron chi connectivity index (χ3n) is 2.99. The van der Waals surface area contributed by atoms with Gasteiger partial charge >= 0.3 is 6.03 Å². The molecule has 2 rings (SSSR count). The summed E-state index contributed by atoms with van der Waals surface area (Å²) in [5, 5.41) is 13.0. The van der Waals surface area contributed by atoms with E-state index in [9.17, 15) is 14.0 Å². The predicted molar refractivity (Wildman–Crippen MR) is 84.3 cm³/mol. The SMILES string of the molecule is CNC(=O)NC(=O)CCSc1nnc(-c2ccccc2F)n1C. The summed E-state index contributed by atoms with van der Waals surface area (Å²) in [6.45, 7) is 0. The molecule has 0 aliphatic rings. The largest absolute Gasteiger partial charge is 0.341 e. The van der Waals surface area contributed by atoms with Crippen molar-refractivity contribution in [3.05, 3.63) is 30.1 Å². The van der Waals surface area contributed by atoms with Crippen LogP contribution in [-0.2, 0) is 11.8 Å². The molecular formula is C14H16FN5O2S. The molecule has 3 amide bonds. The molecule has 7 nitrogen and oxygen atoms in total. The van der Waals surface area contributed by atoms with Crippen molar-refractivity contribution in [2.45, 2.75) is 11.6 Å². The van der Waals surface area contributed by atoms with Crippen LogP contribution >= 0.6 is 11.8 Å². The highest BCUT2D eigenvalue weighted by Gasteiger charge is 2.15. The van der Waals surface area contributed by atoms with Gasteiger partial charge in [-0.3, -0.25) is 10.1 Å². The van der Waals surface area contributed by atoms with Gasteiger partial charge in [-0.2, -0.15) is 0 Å². The van der Waals surface area contributed by atoms with Crippen molar-refractivity contribution in [2.24, 2.45) is 7.05 Å². The molecule has 0 saturated heterocycles. The van der Waals surface area contributed by atoms with E-state index in [2.05, 4.69) is 20.8 Å². The fourth-order valence-corrected chi connectivity index (χ4v) is 2.65. The number of rotatable bonds is 5. The molecule has 1 aromatic carbocycles. The first kappa shape index (κ1) is 16.9. The van der Waals surface area contributed by atoms with Gasteiger partial charge in [-0.25, -0.2) is 9.18 Å². The summed E-state index contributed by atoms with van der Waals surface area (Å²) in [5.41, 5.74) is 0.367. The standard InChI is InChI=1S/C14H16FN5O2S/c1-16-13(22)17-11(21)7-8-23-14-19-18-12(20(14)2)9-5-3-4-6-10(9)15/h3-6H,7-8H2,1-2H3,(H2,16,17,21,22). The van der Waals surface area contributed by atoms with Crippen molar-refractivity contribution in [3.63, 3.8) is 0 Å². The second-order valence-electron chi connectivity index (χ2n) is 4.57. The Labute approximate surface area is 136 Å². The maximum atomic E-state index is 13.8. The number of nitrogens with one attached hydrogen (secondary N) is 2. The number of nitrogens with zero attached hydrogens (tertiary/aromatic N) is 3. The molecule has 0 radical (unpaired) electrons. The third-order valence-corrected chi connectivity index (χ3v) is 4.01. The van der Waals surface area contributed by atoms with E-state index in [0.29, 0.717) is 22.3 Å². The van der Waals surface area contributed by atoms with Crippen LogP contribution in [0, 0.1) is 5.82 Å². The summed E-state index contributed by atoms with van der Waals surface area (Å²) >= 11 is 1.31. The number of benzene rings is 1. The number of imide groups is 1. The summed E-state index contributed by atoms with van der Waals surface area (Å²) in [7, 11) is 3.16. The van der Waals surface area contributed by atoms with E-state index >= 15 is 0 Å². The lowest BCUT2D eigenvalue weighted by atomic mass is 10.2. The first-order valence-corrected chi connectivity index (χ1v) is 7.80. The molecule has 0 bridgehead atoms. The average Bonchev–Trinajstić information content (AvgIpc) is 2.89. The fraction of sp³-hybridized carbons (Fsp3) is 0.286. The molecule has 0 unspecified atom stereocenters. The smallest absolute Gasteiger partial charge is 0.321 e. The fourth-order valence-electron chi connectivity index (χ4n) is 1.80. The molecule has 0 aliphatic heterocycles. The zero-order chi connectivity index (χ0) is 16.8. The van der Waals surface area contributed by atoms with E-state index in [4.69, 9.17) is 0 Å². The van der Waals surface area contributed by atoms with Crippen LogP contribution in [0.4, 0.5) is 9.18 Å². The van der Waals surface area contributed by atoms with Gasteiger partial charge in [0.25, 0.3) is 0 Å². The minimum Gasteiger partial charge on any atom is -0.341 e. The van der Waals surface area contributed by atoms with E-state index in [-0.39, 0.29) is 18.1 Å². The number of urea groups is 1. The van der Waals surface area contributed by atoms with Crippen molar-refractivity contribution in [3.8, 4) is 11.4 Å². The second kappa shape index (κ2) is 7.73. The number of thioether (sulfide) groups is 1. The number of halogens is 1. The molecule has 23 heavy (non-hydrogen) atoms. The van der Waals surface area contributed by atoms with Crippen molar-refractivity contribution in [1.29, 1.82) is 0 Å². The van der Waals surface area contributed by atoms with Gasteiger partial charge in [0.15, 0.2) is 11.0 Å². The molecule has 2 N–H and O–H groups in total. The minimum absolute atomic E-state index is 0.153. The first-order valence-electron chi connectivity index (χ1n) is 6.81. The Balaban J connectivity index is 1.97. The third kappa shape index (κ3) is 4.28. The van der Waals surface area contributed by atoms with Crippen molar-refractivity contribution in [1.82, 2.24) is 25.4 Å². The zero-order valence-corrected chi connectivity index (χ0v) is 13.5. The van der Waals surface area contributed by atoms with Crippen LogP contribution in [0.1, 0.15) is 6.42 Å². The van der Waals surface area contributed by atoms with Crippen LogP contribution in [0.5, 0.6) is 0 Å². The number of carbonyl (C=O) groups is 2. The van der Waals surface area contributed by atoms with Crippen molar-refractivity contribution >= 4 is 23.7 Å². The Morgan fingerprint density at radius 1 is 1.30 bits per heavy atom. The van der Waals surface area contributed by atoms with Gasteiger partial charge in [0.2, 0.25) is 5.91 Å². The van der Waals surface area contributed by atoms with Gasteiger partial charge in [-0.1, -0.05) is 23.9 Å². The van der Waals surface area contributed by atoms with Crippen LogP contribution in [0.2, 0.25) is 0 Å². The van der Waals surface area contributed by atoms with Gasteiger partial charge in [0.05, 0.1) is 5.56 Å². The molecule has 122 valence electrons. The first-order chi connectivity index (χ1) is 11.0. The summed E-state index contributed by atoms with van der Waals surface area (Å²) in [5.74, 6) is 0.0878. The highest BCUT2D eigenvalue weighted by molar-refractivity contribution is 7.99. The summed E-state index contributed by atoms with van der Waals surface area (Å²) in [4.78, 5) is 22.5. The number of hydrogen-bond acceptors (Lipinski definition) is 5. The molecule has 9 heteroatoms. The molecule has 0 fully saturated rings. The minimum atomic E-state index is -0.541. The van der Waals surface area contributed by atoms with Gasteiger partial charge in [-0.05, 0) is 12.1 Å². The molecule has 0 spiro atoms. The quantitative estimate of drug-likeness (QED) is 0.808. The van der Waals surface area contributed by atoms with E-state index in [1.165, 1.54) is 24.9 Å². The normalized spacial score (nSPS) is 10.4. The van der Waals surface area contributed by atoms with Gasteiger partial charge < -0.3 is 9.88 Å². The van der Waals surface area contributed by atoms with E-state index in [1.807, 2.05) is 0 Å². The molecule has 0 saturated carbocycles. The molecule has 0 atom stereocenters. The Kier molecular flexibility index (Phi) is 5.69. The van der Waals surface area contributed by atoms with E-state index < -0.39 is 6.03 Å². The molecular weight excluding hydrogens is 321 g/mol. The highest BCUT2D eigenvalue weighted by Crippen LogP contribution is 2.24. The van der Waals surface area contributed by atoms with Crippen molar-refractivity contribution in [2.75, 3.05) is 12.8 Å². The summed E-state index contributed by atoms with van der Waals surface area (Å²) in [6, 6.07) is 5.78. The lowest BCUT2D eigenvalue weighted by Gasteiger charge is -2.05. The molecule has 1 heterocycles. The van der Waals surface area contributed by atoms with Crippen molar-refractivity contribution < 1.29 is 14.0 Å². The molecule has 2 aromatic rings. The van der Waals surface area contributed by atoms with E-state index in [1.54, 1.807) is 29.8 Å². The van der Waals surface area contributed by atoms with Crippen LogP contribution in [-0.4, -0.2) is 39.5 Å². The maximum absolute atomic E-state index is 13.8. The Morgan fingerprint density at radius 2 is 2.04 bits per heavy atom. The van der Waals surface area contributed by atoms with Gasteiger partial charge in [-0.15, -0.1) is 10.2 Å². The Morgan fingerprint density at radius 3 is 2.74 bits per heavy atom. The van der Waals surface area contributed by atoms with Crippen LogP contribution in [0.3, 0.4) is 0 Å². The highest BCUT2D eigenvalue weighted by atomic mass is 32.2. The van der Waals surface area contributed by atoms with E-state index in [0.717, 1.165) is 0 Å². The monoisotopic (exact) mass is 337 g/mol. The Hall–Kier alpha value is -2.42. The van der Waals surface area contributed by atoms with Gasteiger partial charge in [0, 0.05) is 26.3 Å². The van der Waals surface area contributed by atoms with Crippen LogP contribution in [0.15, 0.2) is 29.4 Å².